The molecule has 2 aromatic rings. The summed E-state index contributed by atoms with van der Waals surface area (Å²) in [7, 11) is 0. The fourth-order valence-corrected chi connectivity index (χ4v) is 3.76. The number of thiazole rings is 1. The molecule has 0 spiro atoms. The van der Waals surface area contributed by atoms with E-state index in [1.165, 1.54) is 11.8 Å². The molecule has 0 atom stereocenters. The molecule has 0 saturated carbocycles. The van der Waals surface area contributed by atoms with E-state index >= 15 is 0 Å². The number of anilines is 1. The van der Waals surface area contributed by atoms with Crippen molar-refractivity contribution in [3.8, 4) is 0 Å². The number of amides is 1. The first-order valence-corrected chi connectivity index (χ1v) is 8.90. The van der Waals surface area contributed by atoms with Crippen molar-refractivity contribution in [3.63, 3.8) is 0 Å². The van der Waals surface area contributed by atoms with Gasteiger partial charge in [0.1, 0.15) is 0 Å². The van der Waals surface area contributed by atoms with Crippen molar-refractivity contribution in [1.29, 1.82) is 0 Å². The van der Waals surface area contributed by atoms with Gasteiger partial charge in [-0.3, -0.25) is 19.8 Å². The topological polar surface area (TPSA) is 62.3 Å². The summed E-state index contributed by atoms with van der Waals surface area (Å²) in [6.07, 6.45) is 0.924. The normalized spacial score (nSPS) is 14.5. The van der Waals surface area contributed by atoms with Crippen molar-refractivity contribution in [2.24, 2.45) is 0 Å². The fraction of sp³-hybridized carbons (Fsp3) is 0.389. The predicted octanol–water partition coefficient (Wildman–Crippen LogP) is 3.36. The highest BCUT2D eigenvalue weighted by molar-refractivity contribution is 7.15. The van der Waals surface area contributed by atoms with Crippen molar-refractivity contribution in [2.75, 3.05) is 11.9 Å². The number of aromatic nitrogens is 1. The lowest BCUT2D eigenvalue weighted by molar-refractivity contribution is 0.100. The minimum atomic E-state index is -0.197. The van der Waals surface area contributed by atoms with Crippen LogP contribution in [0, 0.1) is 0 Å². The Labute approximate surface area is 145 Å². The van der Waals surface area contributed by atoms with Crippen LogP contribution in [0.5, 0.6) is 0 Å². The van der Waals surface area contributed by atoms with Crippen LogP contribution in [-0.2, 0) is 13.0 Å². The second-order valence-electron chi connectivity index (χ2n) is 6.29. The molecular weight excluding hydrogens is 322 g/mol. The summed E-state index contributed by atoms with van der Waals surface area (Å²) in [5.41, 5.74) is 2.22. The van der Waals surface area contributed by atoms with E-state index in [2.05, 4.69) is 29.0 Å². The zero-order valence-electron chi connectivity index (χ0n) is 14.1. The third kappa shape index (κ3) is 3.55. The van der Waals surface area contributed by atoms with Crippen LogP contribution in [0.15, 0.2) is 24.3 Å². The predicted molar refractivity (Wildman–Crippen MR) is 95.8 cm³/mol. The Balaban J connectivity index is 1.70. The number of benzene rings is 1. The first-order valence-electron chi connectivity index (χ1n) is 8.09. The molecule has 1 aromatic carbocycles. The number of nitrogens with one attached hydrogen (secondary N) is 1. The van der Waals surface area contributed by atoms with Crippen LogP contribution in [0.25, 0.3) is 0 Å². The molecule has 0 aliphatic carbocycles. The van der Waals surface area contributed by atoms with Gasteiger partial charge >= 0.3 is 0 Å². The molecule has 0 radical (unpaired) electrons. The van der Waals surface area contributed by atoms with Crippen LogP contribution < -0.4 is 5.32 Å². The van der Waals surface area contributed by atoms with E-state index in [0.717, 1.165) is 25.2 Å². The fourth-order valence-electron chi connectivity index (χ4n) is 2.74. The maximum atomic E-state index is 12.3. The van der Waals surface area contributed by atoms with E-state index in [9.17, 15) is 9.59 Å². The third-order valence-corrected chi connectivity index (χ3v) is 5.26. The lowest BCUT2D eigenvalue weighted by Gasteiger charge is -2.29. The second kappa shape index (κ2) is 6.83. The Bertz CT molecular complexity index is 765. The molecule has 0 saturated heterocycles. The number of hydrogen-bond acceptors (Lipinski definition) is 5. The van der Waals surface area contributed by atoms with E-state index in [-0.39, 0.29) is 11.7 Å². The van der Waals surface area contributed by atoms with Gasteiger partial charge in [0.15, 0.2) is 10.9 Å². The van der Waals surface area contributed by atoms with Gasteiger partial charge in [-0.05, 0) is 32.9 Å². The Kier molecular flexibility index (Phi) is 4.78. The highest BCUT2D eigenvalue weighted by atomic mass is 32.1. The number of carbonyl (C=O) groups excluding carboxylic acids is 2. The first kappa shape index (κ1) is 16.8. The Morgan fingerprint density at radius 2 is 1.88 bits per heavy atom. The first-order chi connectivity index (χ1) is 11.4. The van der Waals surface area contributed by atoms with Gasteiger partial charge in [-0.2, -0.15) is 0 Å². The van der Waals surface area contributed by atoms with Crippen molar-refractivity contribution in [1.82, 2.24) is 9.88 Å². The van der Waals surface area contributed by atoms with Crippen LogP contribution in [0.4, 0.5) is 5.13 Å². The number of hydrogen-bond donors (Lipinski definition) is 1. The summed E-state index contributed by atoms with van der Waals surface area (Å²) in [6, 6.07) is 7.19. The van der Waals surface area contributed by atoms with Crippen molar-refractivity contribution < 1.29 is 9.59 Å². The standard InChI is InChI=1S/C18H21N3O2S/c1-11(2)21-9-8-15-16(10-21)24-18(19-15)20-17(23)14-6-4-13(5-7-14)12(3)22/h4-7,11H,8-10H2,1-3H3,(H,19,20,23). The monoisotopic (exact) mass is 343 g/mol. The molecule has 5 nitrogen and oxygen atoms in total. The molecular formula is C18H21N3O2S. The van der Waals surface area contributed by atoms with E-state index in [0.29, 0.717) is 22.3 Å². The summed E-state index contributed by atoms with van der Waals surface area (Å²) in [6.45, 7) is 7.80. The average Bonchev–Trinajstić information content (AvgIpc) is 2.96. The smallest absolute Gasteiger partial charge is 0.257 e. The number of fused-ring (bicyclic) bond motifs is 1. The maximum absolute atomic E-state index is 12.3. The van der Waals surface area contributed by atoms with Crippen molar-refractivity contribution in [2.45, 2.75) is 39.8 Å². The molecule has 1 amide bonds. The second-order valence-corrected chi connectivity index (χ2v) is 7.37. The van der Waals surface area contributed by atoms with Crippen LogP contribution in [-0.4, -0.2) is 34.2 Å². The number of carbonyl (C=O) groups is 2. The Hall–Kier alpha value is -2.05. The molecule has 126 valence electrons. The van der Waals surface area contributed by atoms with Gasteiger partial charge in [0.05, 0.1) is 5.69 Å². The molecule has 0 fully saturated rings. The molecule has 0 unspecified atom stereocenters. The minimum Gasteiger partial charge on any atom is -0.298 e. The quantitative estimate of drug-likeness (QED) is 0.865. The molecule has 6 heteroatoms. The number of nitrogens with zero attached hydrogens (tertiary/aromatic N) is 2. The summed E-state index contributed by atoms with van der Waals surface area (Å²) >= 11 is 1.55. The summed E-state index contributed by atoms with van der Waals surface area (Å²) in [4.78, 5) is 31.8. The molecule has 24 heavy (non-hydrogen) atoms. The Morgan fingerprint density at radius 1 is 1.21 bits per heavy atom. The van der Waals surface area contributed by atoms with Crippen molar-refractivity contribution in [3.05, 3.63) is 46.0 Å². The molecule has 1 N–H and O–H groups in total. The van der Waals surface area contributed by atoms with Crippen LogP contribution in [0.1, 0.15) is 52.1 Å². The van der Waals surface area contributed by atoms with Gasteiger partial charge in [0, 0.05) is 41.6 Å². The van der Waals surface area contributed by atoms with Gasteiger partial charge in [0.25, 0.3) is 5.91 Å². The summed E-state index contributed by atoms with van der Waals surface area (Å²) in [5.74, 6) is -0.207. The van der Waals surface area contributed by atoms with E-state index in [1.54, 1.807) is 35.6 Å². The number of rotatable bonds is 4. The van der Waals surface area contributed by atoms with Crippen LogP contribution in [0.3, 0.4) is 0 Å². The zero-order valence-corrected chi connectivity index (χ0v) is 14.9. The lowest BCUT2D eigenvalue weighted by Crippen LogP contribution is -2.35. The molecule has 1 aliphatic rings. The largest absolute Gasteiger partial charge is 0.298 e. The van der Waals surface area contributed by atoms with E-state index in [1.807, 2.05) is 0 Å². The maximum Gasteiger partial charge on any atom is 0.257 e. The summed E-state index contributed by atoms with van der Waals surface area (Å²) < 4.78 is 0. The van der Waals surface area contributed by atoms with Crippen LogP contribution in [0.2, 0.25) is 0 Å². The Morgan fingerprint density at radius 3 is 2.50 bits per heavy atom. The molecule has 3 rings (SSSR count). The lowest BCUT2D eigenvalue weighted by atomic mass is 10.1. The number of ketones is 1. The van der Waals surface area contributed by atoms with Gasteiger partial charge in [-0.25, -0.2) is 4.98 Å². The van der Waals surface area contributed by atoms with Gasteiger partial charge < -0.3 is 0 Å². The van der Waals surface area contributed by atoms with Crippen LogP contribution >= 0.6 is 11.3 Å². The van der Waals surface area contributed by atoms with Gasteiger partial charge in [-0.1, -0.05) is 12.1 Å². The van der Waals surface area contributed by atoms with Gasteiger partial charge in [-0.15, -0.1) is 11.3 Å². The highest BCUT2D eigenvalue weighted by Crippen LogP contribution is 2.29. The van der Waals surface area contributed by atoms with E-state index < -0.39 is 0 Å². The molecule has 2 heterocycles. The average molecular weight is 343 g/mol. The molecule has 0 bridgehead atoms. The van der Waals surface area contributed by atoms with Crippen molar-refractivity contribution >= 4 is 28.2 Å². The minimum absolute atomic E-state index is 0.00994. The zero-order chi connectivity index (χ0) is 17.3. The molecule has 1 aromatic heterocycles. The summed E-state index contributed by atoms with van der Waals surface area (Å²) in [5, 5.41) is 3.52. The van der Waals surface area contributed by atoms with Gasteiger partial charge in [0.2, 0.25) is 0 Å². The molecule has 1 aliphatic heterocycles. The highest BCUT2D eigenvalue weighted by Gasteiger charge is 2.22. The van der Waals surface area contributed by atoms with E-state index in [4.69, 9.17) is 0 Å². The SMILES string of the molecule is CC(=O)c1ccc(C(=O)Nc2nc3c(s2)CN(C(C)C)CC3)cc1. The number of Topliss-reactive ketones (excluding diaryl/α,β-unsaturated/α-hetero) is 1. The third-order valence-electron chi connectivity index (χ3n) is 4.27.